The number of benzene rings is 2. The molecule has 4 nitrogen and oxygen atoms in total. The van der Waals surface area contributed by atoms with E-state index in [4.69, 9.17) is 4.18 Å². The molecule has 0 aliphatic carbocycles. The third kappa shape index (κ3) is 3.30. The monoisotopic (exact) mass is 326 g/mol. The molecule has 0 saturated heterocycles. The van der Waals surface area contributed by atoms with Crippen LogP contribution in [-0.4, -0.2) is 14.2 Å². The summed E-state index contributed by atoms with van der Waals surface area (Å²) < 4.78 is 55.1. The Morgan fingerprint density at radius 1 is 1.09 bits per heavy atom. The minimum Gasteiger partial charge on any atom is -0.378 e. The molecule has 0 heterocycles. The van der Waals surface area contributed by atoms with Crippen molar-refractivity contribution < 1.29 is 26.2 Å². The predicted molar refractivity (Wildman–Crippen MR) is 75.2 cm³/mol. The van der Waals surface area contributed by atoms with Crippen LogP contribution in [0.15, 0.2) is 47.4 Å². The molecule has 0 amide bonds. The molecule has 0 N–H and O–H groups in total. The van der Waals surface area contributed by atoms with Gasteiger partial charge in [-0.05, 0) is 30.3 Å². The molecule has 0 fully saturated rings. The zero-order valence-corrected chi connectivity index (χ0v) is 12.4. The van der Waals surface area contributed by atoms with E-state index in [1.54, 1.807) is 13.0 Å². The Balaban J connectivity index is 2.41. The second-order valence-electron chi connectivity index (χ2n) is 4.39. The molecule has 0 saturated carbocycles. The van der Waals surface area contributed by atoms with Crippen LogP contribution < -0.4 is 4.18 Å². The number of halogens is 2. The molecule has 7 heteroatoms. The summed E-state index contributed by atoms with van der Waals surface area (Å²) in [5.74, 6) is -2.92. The molecule has 2 aromatic rings. The minimum absolute atomic E-state index is 0.108. The van der Waals surface area contributed by atoms with Gasteiger partial charge in [0.25, 0.3) is 0 Å². The molecule has 0 spiro atoms. The first kappa shape index (κ1) is 16.1. The predicted octanol–water partition coefficient (Wildman–Crippen LogP) is 3.33. The Bertz CT molecular complexity index is 816. The van der Waals surface area contributed by atoms with Crippen LogP contribution in [0.3, 0.4) is 0 Å². The SMILES string of the molecule is CCC(=O)c1ccccc1OS(=O)(=O)c1ccc(F)c(F)c1. The number of carbonyl (C=O) groups is 1. The first-order valence-corrected chi connectivity index (χ1v) is 7.77. The molecule has 22 heavy (non-hydrogen) atoms. The fraction of sp³-hybridized carbons (Fsp3) is 0.133. The van der Waals surface area contributed by atoms with E-state index in [-0.39, 0.29) is 23.5 Å². The van der Waals surface area contributed by atoms with E-state index < -0.39 is 26.6 Å². The van der Waals surface area contributed by atoms with Crippen LogP contribution in [0, 0.1) is 11.6 Å². The second-order valence-corrected chi connectivity index (χ2v) is 5.93. The zero-order chi connectivity index (χ0) is 16.3. The van der Waals surface area contributed by atoms with E-state index in [1.807, 2.05) is 0 Å². The van der Waals surface area contributed by atoms with Crippen molar-refractivity contribution in [3.05, 3.63) is 59.7 Å². The van der Waals surface area contributed by atoms with E-state index in [0.717, 1.165) is 6.07 Å². The summed E-state index contributed by atoms with van der Waals surface area (Å²) in [6.45, 7) is 1.63. The lowest BCUT2D eigenvalue weighted by Gasteiger charge is -2.10. The summed E-state index contributed by atoms with van der Waals surface area (Å²) in [5.41, 5.74) is 0.108. The molecule has 0 aliphatic rings. The fourth-order valence-corrected chi connectivity index (χ4v) is 2.72. The van der Waals surface area contributed by atoms with E-state index in [1.165, 1.54) is 18.2 Å². The molecule has 2 aromatic carbocycles. The minimum atomic E-state index is -4.38. The van der Waals surface area contributed by atoms with Gasteiger partial charge in [-0.3, -0.25) is 4.79 Å². The Labute approximate surface area is 126 Å². The van der Waals surface area contributed by atoms with Gasteiger partial charge in [0.05, 0.1) is 5.56 Å². The highest BCUT2D eigenvalue weighted by atomic mass is 32.2. The average molecular weight is 326 g/mol. The van der Waals surface area contributed by atoms with Crippen molar-refractivity contribution in [1.82, 2.24) is 0 Å². The van der Waals surface area contributed by atoms with Gasteiger partial charge < -0.3 is 4.18 Å². The summed E-state index contributed by atoms with van der Waals surface area (Å²) in [4.78, 5) is 11.2. The maximum atomic E-state index is 13.2. The Hall–Kier alpha value is -2.28. The van der Waals surface area contributed by atoms with Crippen LogP contribution in [0.1, 0.15) is 23.7 Å². The van der Waals surface area contributed by atoms with Crippen LogP contribution in [0.2, 0.25) is 0 Å². The molecule has 0 aliphatic heterocycles. The number of carbonyl (C=O) groups excluding carboxylic acids is 1. The molecule has 0 bridgehead atoms. The van der Waals surface area contributed by atoms with Gasteiger partial charge in [0.15, 0.2) is 23.2 Å². The summed E-state index contributed by atoms with van der Waals surface area (Å²) >= 11 is 0. The quantitative estimate of drug-likeness (QED) is 0.625. The van der Waals surface area contributed by atoms with Crippen molar-refractivity contribution in [2.24, 2.45) is 0 Å². The van der Waals surface area contributed by atoms with E-state index in [2.05, 4.69) is 0 Å². The van der Waals surface area contributed by atoms with Gasteiger partial charge in [-0.25, -0.2) is 8.78 Å². The number of rotatable bonds is 5. The first-order chi connectivity index (χ1) is 10.3. The van der Waals surface area contributed by atoms with E-state index in [9.17, 15) is 22.0 Å². The number of ketones is 1. The number of hydrogen-bond acceptors (Lipinski definition) is 4. The Morgan fingerprint density at radius 3 is 2.41 bits per heavy atom. The molecule has 0 atom stereocenters. The van der Waals surface area contributed by atoms with Gasteiger partial charge in [0.2, 0.25) is 0 Å². The molecular formula is C15H12F2O4S. The van der Waals surface area contributed by atoms with Crippen molar-refractivity contribution in [2.75, 3.05) is 0 Å². The summed E-state index contributed by atoms with van der Waals surface area (Å²) in [6.07, 6.45) is 0.172. The highest BCUT2D eigenvalue weighted by molar-refractivity contribution is 7.87. The van der Waals surface area contributed by atoms with Gasteiger partial charge in [0, 0.05) is 6.42 Å². The van der Waals surface area contributed by atoms with Crippen molar-refractivity contribution in [3.8, 4) is 5.75 Å². The maximum absolute atomic E-state index is 13.2. The van der Waals surface area contributed by atoms with E-state index in [0.29, 0.717) is 12.1 Å². The van der Waals surface area contributed by atoms with Crippen molar-refractivity contribution in [2.45, 2.75) is 18.2 Å². The lowest BCUT2D eigenvalue weighted by molar-refractivity contribution is 0.0986. The number of Topliss-reactive ketones (excluding diaryl/α,β-unsaturated/α-hetero) is 1. The zero-order valence-electron chi connectivity index (χ0n) is 11.5. The summed E-state index contributed by atoms with van der Waals surface area (Å²) in [7, 11) is -4.38. The van der Waals surface area contributed by atoms with Gasteiger partial charge in [-0.1, -0.05) is 19.1 Å². The Kier molecular flexibility index (Phi) is 4.56. The molecule has 0 unspecified atom stereocenters. The third-order valence-electron chi connectivity index (χ3n) is 2.89. The second kappa shape index (κ2) is 6.23. The number of hydrogen-bond donors (Lipinski definition) is 0. The smallest absolute Gasteiger partial charge is 0.339 e. The third-order valence-corrected chi connectivity index (χ3v) is 4.12. The molecule has 0 radical (unpaired) electrons. The van der Waals surface area contributed by atoms with Gasteiger partial charge >= 0.3 is 10.1 Å². The van der Waals surface area contributed by atoms with Crippen LogP contribution in [0.25, 0.3) is 0 Å². The highest BCUT2D eigenvalue weighted by Crippen LogP contribution is 2.24. The fourth-order valence-electron chi connectivity index (χ4n) is 1.76. The lowest BCUT2D eigenvalue weighted by Crippen LogP contribution is -2.12. The molecule has 116 valence electrons. The topological polar surface area (TPSA) is 60.4 Å². The molecule has 0 aromatic heterocycles. The standard InChI is InChI=1S/C15H12F2O4S/c1-2-14(18)11-5-3-4-6-15(11)21-22(19,20)10-7-8-12(16)13(17)9-10/h3-9H,2H2,1H3. The van der Waals surface area contributed by atoms with Gasteiger partial charge in [0.1, 0.15) is 4.90 Å². The average Bonchev–Trinajstić information content (AvgIpc) is 2.49. The summed E-state index contributed by atoms with van der Waals surface area (Å²) in [6, 6.07) is 7.92. The highest BCUT2D eigenvalue weighted by Gasteiger charge is 2.21. The normalized spacial score (nSPS) is 11.2. The molecular weight excluding hydrogens is 314 g/mol. The van der Waals surface area contributed by atoms with Gasteiger partial charge in [-0.15, -0.1) is 0 Å². The Morgan fingerprint density at radius 2 is 1.77 bits per heavy atom. The molecule has 2 rings (SSSR count). The van der Waals surface area contributed by atoms with Crippen LogP contribution in [0.5, 0.6) is 5.75 Å². The summed E-state index contributed by atoms with van der Waals surface area (Å²) in [5, 5.41) is 0. The lowest BCUT2D eigenvalue weighted by atomic mass is 10.1. The van der Waals surface area contributed by atoms with Gasteiger partial charge in [-0.2, -0.15) is 8.42 Å². The van der Waals surface area contributed by atoms with Crippen LogP contribution in [0.4, 0.5) is 8.78 Å². The first-order valence-electron chi connectivity index (χ1n) is 6.37. The van der Waals surface area contributed by atoms with E-state index >= 15 is 0 Å². The number of para-hydroxylation sites is 1. The van der Waals surface area contributed by atoms with Crippen molar-refractivity contribution >= 4 is 15.9 Å². The van der Waals surface area contributed by atoms with Crippen LogP contribution >= 0.6 is 0 Å². The largest absolute Gasteiger partial charge is 0.378 e. The maximum Gasteiger partial charge on any atom is 0.339 e. The van der Waals surface area contributed by atoms with Crippen molar-refractivity contribution in [3.63, 3.8) is 0 Å². The van der Waals surface area contributed by atoms with Crippen molar-refractivity contribution in [1.29, 1.82) is 0 Å². The van der Waals surface area contributed by atoms with Crippen LogP contribution in [-0.2, 0) is 10.1 Å².